The predicted molar refractivity (Wildman–Crippen MR) is 409 cm³/mol. The summed E-state index contributed by atoms with van der Waals surface area (Å²) in [7, 11) is -3.41. The molecule has 16 aromatic carbocycles. The summed E-state index contributed by atoms with van der Waals surface area (Å²) in [5, 5.41) is 26.7. The van der Waals surface area contributed by atoms with E-state index < -0.39 is 31.7 Å². The van der Waals surface area contributed by atoms with Crippen LogP contribution in [-0.2, 0) is 20.4 Å². The first-order valence-electron chi connectivity index (χ1n) is 31.4. The maximum atomic E-state index is 2.42. The molecule has 0 unspecified atom stereocenters. The van der Waals surface area contributed by atoms with E-state index >= 15 is 0 Å². The van der Waals surface area contributed by atoms with Gasteiger partial charge in [0.2, 0.25) is 0 Å². The van der Waals surface area contributed by atoms with Gasteiger partial charge in [-0.3, -0.25) is 0 Å². The number of benzene rings is 16. The quantitative estimate of drug-likeness (QED) is 0.0752. The number of hydrogen-bond acceptors (Lipinski definition) is 0. The van der Waals surface area contributed by atoms with Crippen molar-refractivity contribution in [3.63, 3.8) is 0 Å². The molecular formula is C88H64P4Pd. The second kappa shape index (κ2) is 28.8. The standard InChI is InChI=1S/2C44H32P2.Pd/c2*1-5-19-35(20-6-1)45(36-21-7-2-8-22-36)41-31-29-33-17-13-15-27-39(33)43(41)44-40-28-16-14-18-34(40)30-32-42(44)46(37-23-9-3-10-24-37)38-25-11-4-12-26-38;/h2*1-32H;. The topological polar surface area (TPSA) is 0 Å². The molecule has 0 aliphatic rings. The molecule has 0 nitrogen and oxygen atoms in total. The van der Waals surface area contributed by atoms with Crippen molar-refractivity contribution >= 4 is 138 Å². The van der Waals surface area contributed by atoms with E-state index in [0.29, 0.717) is 0 Å². The fourth-order valence-corrected chi connectivity index (χ4v) is 23.1. The Labute approximate surface area is 565 Å². The van der Waals surface area contributed by atoms with E-state index in [-0.39, 0.29) is 20.4 Å². The zero-order valence-electron chi connectivity index (χ0n) is 51.1. The summed E-state index contributed by atoms with van der Waals surface area (Å²) < 4.78 is 0. The summed E-state index contributed by atoms with van der Waals surface area (Å²) in [4.78, 5) is 0. The average molecular weight is 1350 g/mol. The molecule has 0 saturated heterocycles. The molecule has 0 amide bonds. The molecule has 5 heteroatoms. The van der Waals surface area contributed by atoms with Gasteiger partial charge in [-0.05, 0) is 161 Å². The molecule has 446 valence electrons. The van der Waals surface area contributed by atoms with Gasteiger partial charge in [-0.1, -0.05) is 388 Å². The molecule has 0 saturated carbocycles. The summed E-state index contributed by atoms with van der Waals surface area (Å²) in [6, 6.07) is 144. The first-order chi connectivity index (χ1) is 45.7. The average Bonchev–Trinajstić information content (AvgIpc) is 0.748. The Balaban J connectivity index is 0.000000159. The van der Waals surface area contributed by atoms with Gasteiger partial charge in [-0.15, -0.1) is 0 Å². The van der Waals surface area contributed by atoms with E-state index in [4.69, 9.17) is 0 Å². The van der Waals surface area contributed by atoms with Crippen LogP contribution in [0.15, 0.2) is 388 Å². The predicted octanol–water partition coefficient (Wildman–Crippen LogP) is 18.4. The molecule has 0 N–H and O–H groups in total. The van der Waals surface area contributed by atoms with Crippen LogP contribution in [0.1, 0.15) is 0 Å². The second-order valence-corrected chi connectivity index (χ2v) is 31.5. The molecule has 0 radical (unpaired) electrons. The van der Waals surface area contributed by atoms with Crippen LogP contribution in [0.25, 0.3) is 65.3 Å². The van der Waals surface area contributed by atoms with Gasteiger partial charge >= 0.3 is 0 Å². The Kier molecular flexibility index (Phi) is 19.1. The third kappa shape index (κ3) is 12.7. The first-order valence-corrected chi connectivity index (χ1v) is 36.8. The molecule has 0 bridgehead atoms. The van der Waals surface area contributed by atoms with Crippen LogP contribution in [0.4, 0.5) is 0 Å². The van der Waals surface area contributed by atoms with Crippen molar-refractivity contribution in [1.29, 1.82) is 0 Å². The molecule has 0 fully saturated rings. The Bertz CT molecular complexity index is 4340. The van der Waals surface area contributed by atoms with E-state index in [9.17, 15) is 0 Å². The largest absolute Gasteiger partial charge is 0.0622 e. The minimum atomic E-state index is -0.852. The van der Waals surface area contributed by atoms with Crippen LogP contribution in [0.3, 0.4) is 0 Å². The molecule has 93 heavy (non-hydrogen) atoms. The van der Waals surface area contributed by atoms with E-state index in [0.717, 1.165) is 0 Å². The van der Waals surface area contributed by atoms with Crippen molar-refractivity contribution in [1.82, 2.24) is 0 Å². The summed E-state index contributed by atoms with van der Waals surface area (Å²) in [5.41, 5.74) is 5.40. The third-order valence-electron chi connectivity index (χ3n) is 17.2. The number of rotatable bonds is 14. The number of hydrogen-bond donors (Lipinski definition) is 0. The van der Waals surface area contributed by atoms with Crippen molar-refractivity contribution in [2.75, 3.05) is 0 Å². The normalized spacial score (nSPS) is 11.3. The van der Waals surface area contributed by atoms with Gasteiger partial charge in [0.15, 0.2) is 0 Å². The van der Waals surface area contributed by atoms with E-state index in [1.807, 2.05) is 0 Å². The molecule has 0 aliphatic heterocycles. The number of fused-ring (bicyclic) bond motifs is 4. The van der Waals surface area contributed by atoms with Crippen molar-refractivity contribution in [3.05, 3.63) is 388 Å². The van der Waals surface area contributed by atoms with Gasteiger partial charge < -0.3 is 0 Å². The molecule has 0 aliphatic carbocycles. The van der Waals surface area contributed by atoms with Crippen LogP contribution >= 0.6 is 31.7 Å². The Hall–Kier alpha value is -9.06. The van der Waals surface area contributed by atoms with Crippen LogP contribution < -0.4 is 63.7 Å². The van der Waals surface area contributed by atoms with Gasteiger partial charge in [0.25, 0.3) is 0 Å². The summed E-state index contributed by atoms with van der Waals surface area (Å²) in [6.07, 6.45) is 0. The first kappa shape index (κ1) is 61.4. The van der Waals surface area contributed by atoms with E-state index in [1.54, 1.807) is 0 Å². The Morgan fingerprint density at radius 2 is 0.269 bits per heavy atom. The summed E-state index contributed by atoms with van der Waals surface area (Å²) in [6.45, 7) is 0. The van der Waals surface area contributed by atoms with Gasteiger partial charge in [-0.2, -0.15) is 0 Å². The minimum absolute atomic E-state index is 0. The molecule has 0 heterocycles. The molecular weight excluding hydrogens is 1290 g/mol. The maximum absolute atomic E-state index is 2.42. The maximum Gasteiger partial charge on any atom is 0 e. The van der Waals surface area contributed by atoms with Crippen molar-refractivity contribution in [3.8, 4) is 22.3 Å². The fourth-order valence-electron chi connectivity index (χ4n) is 13.2. The summed E-state index contributed by atoms with van der Waals surface area (Å²) >= 11 is 0. The van der Waals surface area contributed by atoms with Crippen molar-refractivity contribution in [2.45, 2.75) is 0 Å². The van der Waals surface area contributed by atoms with Crippen molar-refractivity contribution < 1.29 is 20.4 Å². The van der Waals surface area contributed by atoms with Gasteiger partial charge in [0, 0.05) is 20.4 Å². The SMILES string of the molecule is [Pd].c1ccc(P(c2ccccc2)c2ccc3ccccc3c2-c2c(P(c3ccccc3)c3ccccc3)ccc3ccccc23)cc1.c1ccc(P(c2ccccc2)c2ccc3ccccc3c2-c2c(P(c3ccccc3)c3ccccc3)ccc3ccccc23)cc1. The zero-order valence-corrected chi connectivity index (χ0v) is 56.2. The molecule has 16 aromatic rings. The van der Waals surface area contributed by atoms with Crippen LogP contribution in [0.5, 0.6) is 0 Å². The van der Waals surface area contributed by atoms with E-state index in [2.05, 4.69) is 388 Å². The van der Waals surface area contributed by atoms with Crippen molar-refractivity contribution in [2.24, 2.45) is 0 Å². The fraction of sp³-hybridized carbons (Fsp3) is 0. The summed E-state index contributed by atoms with van der Waals surface area (Å²) in [5.74, 6) is 0. The Morgan fingerprint density at radius 1 is 0.129 bits per heavy atom. The van der Waals surface area contributed by atoms with Gasteiger partial charge in [0.1, 0.15) is 0 Å². The smallest absolute Gasteiger partial charge is 0 e. The van der Waals surface area contributed by atoms with Gasteiger partial charge in [0.05, 0.1) is 0 Å². The van der Waals surface area contributed by atoms with Crippen LogP contribution in [0.2, 0.25) is 0 Å². The van der Waals surface area contributed by atoms with Crippen LogP contribution in [-0.4, -0.2) is 0 Å². The van der Waals surface area contributed by atoms with Gasteiger partial charge in [-0.25, -0.2) is 0 Å². The molecule has 0 aromatic heterocycles. The monoisotopic (exact) mass is 1350 g/mol. The Morgan fingerprint density at radius 3 is 0.430 bits per heavy atom. The zero-order chi connectivity index (χ0) is 61.4. The van der Waals surface area contributed by atoms with E-state index in [1.165, 1.54) is 129 Å². The molecule has 16 rings (SSSR count). The minimum Gasteiger partial charge on any atom is -0.0622 e. The molecule has 0 spiro atoms. The third-order valence-corrected chi connectivity index (χ3v) is 27.1. The second-order valence-electron chi connectivity index (χ2n) is 22.7. The molecule has 0 atom stereocenters. The van der Waals surface area contributed by atoms with Crippen LogP contribution in [0, 0.1) is 0 Å².